The van der Waals surface area contributed by atoms with Crippen molar-refractivity contribution in [2.75, 3.05) is 6.61 Å². The first-order valence-corrected chi connectivity index (χ1v) is 4.32. The summed E-state index contributed by atoms with van der Waals surface area (Å²) in [5.41, 5.74) is -1.19. The summed E-state index contributed by atoms with van der Waals surface area (Å²) in [5.74, 6) is 0. The molecule has 1 heterocycles. The van der Waals surface area contributed by atoms with Crippen molar-refractivity contribution in [3.05, 3.63) is 0 Å². The predicted octanol–water partition coefficient (Wildman–Crippen LogP) is -12.4. The van der Waals surface area contributed by atoms with Crippen LogP contribution in [0.1, 0.15) is 6.42 Å². The van der Waals surface area contributed by atoms with Gasteiger partial charge in [0.15, 0.2) is 0 Å². The average Bonchev–Trinajstić information content (AvgIpc) is 1.99. The Morgan fingerprint density at radius 3 is 2.07 bits per heavy atom. The standard InChI is InChI=1S/C6H9O4S.3Rb/c7-2-3-1-4(8)5(9)6(10)11-3;;;/h3-6,10H,1-2H2;;;/q-3;3*+1. The van der Waals surface area contributed by atoms with Crippen molar-refractivity contribution in [2.24, 2.45) is 0 Å². The SMILES string of the molecule is [O-]CC1CC([O-])C([O-])C(O)S1.[Rb+].[Rb+].[Rb+]. The minimum absolute atomic E-state index is 0. The van der Waals surface area contributed by atoms with Crippen molar-refractivity contribution in [2.45, 2.75) is 29.3 Å². The quantitative estimate of drug-likeness (QED) is 0.444. The fourth-order valence-electron chi connectivity index (χ4n) is 1.01. The molecule has 0 radical (unpaired) electrons. The van der Waals surface area contributed by atoms with Crippen LogP contribution in [0.15, 0.2) is 0 Å². The molecule has 1 fully saturated rings. The second-order valence-corrected chi connectivity index (χ2v) is 3.98. The van der Waals surface area contributed by atoms with E-state index in [9.17, 15) is 15.3 Å². The van der Waals surface area contributed by atoms with Gasteiger partial charge in [0.25, 0.3) is 0 Å². The number of rotatable bonds is 1. The molecule has 1 rings (SSSR count). The first-order chi connectivity index (χ1) is 5.15. The van der Waals surface area contributed by atoms with Gasteiger partial charge in [0.05, 0.1) is 5.44 Å². The van der Waals surface area contributed by atoms with Gasteiger partial charge >= 0.3 is 175 Å². The van der Waals surface area contributed by atoms with Crippen molar-refractivity contribution in [1.82, 2.24) is 0 Å². The minimum Gasteiger partial charge on any atom is -0.854 e. The van der Waals surface area contributed by atoms with Crippen LogP contribution in [0.25, 0.3) is 0 Å². The molecular weight excluding hydrogens is 425 g/mol. The first-order valence-electron chi connectivity index (χ1n) is 3.38. The van der Waals surface area contributed by atoms with Gasteiger partial charge in [0.1, 0.15) is 0 Å². The summed E-state index contributed by atoms with van der Waals surface area (Å²) in [4.78, 5) is 0. The van der Waals surface area contributed by atoms with E-state index in [1.165, 1.54) is 0 Å². The van der Waals surface area contributed by atoms with Gasteiger partial charge in [-0.25, -0.2) is 0 Å². The molecule has 66 valence electrons. The zero-order valence-corrected chi connectivity index (χ0v) is 24.4. The van der Waals surface area contributed by atoms with Gasteiger partial charge in [-0.2, -0.15) is 0 Å². The molecule has 4 atom stereocenters. The van der Waals surface area contributed by atoms with E-state index in [1.807, 2.05) is 0 Å². The molecule has 0 bridgehead atoms. The van der Waals surface area contributed by atoms with E-state index >= 15 is 0 Å². The summed E-state index contributed by atoms with van der Waals surface area (Å²) in [6.45, 7) is -0.396. The Kier molecular flexibility index (Phi) is 23.9. The summed E-state index contributed by atoms with van der Waals surface area (Å²) < 4.78 is 0. The molecule has 0 saturated carbocycles. The van der Waals surface area contributed by atoms with Gasteiger partial charge in [-0.3, -0.25) is 0 Å². The smallest absolute Gasteiger partial charge is 0.854 e. The molecule has 0 spiro atoms. The Hall–Kier alpha value is 5.61. The molecule has 4 nitrogen and oxygen atoms in total. The maximum Gasteiger partial charge on any atom is 1.00 e. The topological polar surface area (TPSA) is 89.4 Å². The van der Waals surface area contributed by atoms with Crippen LogP contribution in [-0.4, -0.2) is 34.6 Å². The van der Waals surface area contributed by atoms with E-state index in [0.29, 0.717) is 0 Å². The minimum atomic E-state index is -1.47. The maximum atomic E-state index is 10.8. The summed E-state index contributed by atoms with van der Waals surface area (Å²) in [6.07, 6.45) is -2.69. The largest absolute Gasteiger partial charge is 1.00 e. The molecule has 0 aromatic carbocycles. The van der Waals surface area contributed by atoms with Crippen LogP contribution in [0.3, 0.4) is 0 Å². The van der Waals surface area contributed by atoms with E-state index in [1.54, 1.807) is 0 Å². The number of aliphatic hydroxyl groups is 1. The zero-order chi connectivity index (χ0) is 8.43. The third-order valence-corrected chi connectivity index (χ3v) is 2.92. The van der Waals surface area contributed by atoms with Crippen molar-refractivity contribution in [1.29, 1.82) is 0 Å². The Morgan fingerprint density at radius 1 is 1.21 bits per heavy atom. The van der Waals surface area contributed by atoms with Gasteiger partial charge in [0.2, 0.25) is 0 Å². The normalized spacial score (nSPS) is 36.0. The second-order valence-electron chi connectivity index (χ2n) is 2.55. The molecule has 14 heavy (non-hydrogen) atoms. The molecular formula is C6H9O4Rb3S. The maximum absolute atomic E-state index is 10.8. The Bertz CT molecular complexity index is 130. The van der Waals surface area contributed by atoms with Crippen LogP contribution in [0.4, 0.5) is 0 Å². The molecule has 1 aliphatic rings. The summed E-state index contributed by atoms with van der Waals surface area (Å²) >= 11 is 0.929. The second kappa shape index (κ2) is 13.6. The van der Waals surface area contributed by atoms with Crippen molar-refractivity contribution in [3.8, 4) is 0 Å². The molecule has 1 saturated heterocycles. The van der Waals surface area contributed by atoms with E-state index in [-0.39, 0.29) is 186 Å². The van der Waals surface area contributed by atoms with Gasteiger partial charge in [-0.1, -0.05) is 6.42 Å². The van der Waals surface area contributed by atoms with E-state index in [0.717, 1.165) is 11.8 Å². The molecule has 0 aliphatic carbocycles. The van der Waals surface area contributed by atoms with Gasteiger partial charge in [0, 0.05) is 0 Å². The fourth-order valence-corrected chi connectivity index (χ4v) is 2.12. The molecule has 1 N–H and O–H groups in total. The first kappa shape index (κ1) is 24.6. The third-order valence-electron chi connectivity index (χ3n) is 1.66. The average molecular weight is 434 g/mol. The van der Waals surface area contributed by atoms with E-state index < -0.39 is 24.3 Å². The summed E-state index contributed by atoms with van der Waals surface area (Å²) in [7, 11) is 0. The number of aliphatic hydroxyl groups excluding tert-OH is 1. The summed E-state index contributed by atoms with van der Waals surface area (Å²) in [6, 6.07) is 0. The third kappa shape index (κ3) is 8.71. The van der Waals surface area contributed by atoms with E-state index in [4.69, 9.17) is 5.11 Å². The van der Waals surface area contributed by atoms with Crippen LogP contribution < -0.4 is 190 Å². The Labute approximate surface area is 235 Å². The molecule has 0 aromatic rings. The Morgan fingerprint density at radius 2 is 1.71 bits per heavy atom. The van der Waals surface area contributed by atoms with Gasteiger partial charge in [-0.15, -0.1) is 30.6 Å². The van der Waals surface area contributed by atoms with Crippen molar-refractivity contribution < 1.29 is 195 Å². The Balaban J connectivity index is -0.000000403. The van der Waals surface area contributed by atoms with Gasteiger partial charge in [-0.05, 0) is 5.25 Å². The fraction of sp³-hybridized carbons (Fsp3) is 1.00. The van der Waals surface area contributed by atoms with Crippen LogP contribution in [0.5, 0.6) is 0 Å². The summed E-state index contributed by atoms with van der Waals surface area (Å²) in [5, 5.41) is 40.5. The van der Waals surface area contributed by atoms with E-state index in [2.05, 4.69) is 0 Å². The van der Waals surface area contributed by atoms with Crippen LogP contribution in [0.2, 0.25) is 0 Å². The molecule has 1 aliphatic heterocycles. The zero-order valence-electron chi connectivity index (χ0n) is 8.80. The molecule has 4 unspecified atom stereocenters. The van der Waals surface area contributed by atoms with Crippen molar-refractivity contribution >= 4 is 11.8 Å². The molecule has 0 amide bonds. The monoisotopic (exact) mass is 432 g/mol. The predicted molar refractivity (Wildman–Crippen MR) is 34.4 cm³/mol. The molecule has 0 aromatic heterocycles. The van der Waals surface area contributed by atoms with Crippen LogP contribution in [0, 0.1) is 0 Å². The van der Waals surface area contributed by atoms with Crippen molar-refractivity contribution in [3.63, 3.8) is 0 Å². The van der Waals surface area contributed by atoms with Crippen LogP contribution in [-0.2, 0) is 0 Å². The van der Waals surface area contributed by atoms with Gasteiger partial charge < -0.3 is 20.4 Å². The number of hydrogen-bond acceptors (Lipinski definition) is 5. The number of thioether (sulfide) groups is 1. The molecule has 8 heteroatoms. The van der Waals surface area contributed by atoms with Crippen LogP contribution >= 0.6 is 11.8 Å². The number of hydrogen-bond donors (Lipinski definition) is 1.